The summed E-state index contributed by atoms with van der Waals surface area (Å²) in [6, 6.07) is 12.5. The third kappa shape index (κ3) is 4.41. The first-order valence-corrected chi connectivity index (χ1v) is 9.14. The molecule has 3 heteroatoms. The first-order chi connectivity index (χ1) is 12.0. The molecule has 0 radical (unpaired) electrons. The minimum Gasteiger partial charge on any atom is -0.484 e. The lowest BCUT2D eigenvalue weighted by Crippen LogP contribution is -2.31. The van der Waals surface area contributed by atoms with Crippen LogP contribution in [0.5, 0.6) is 5.75 Å². The van der Waals surface area contributed by atoms with Crippen LogP contribution in [0.2, 0.25) is 0 Å². The van der Waals surface area contributed by atoms with Crippen LogP contribution in [0, 0.1) is 13.8 Å². The van der Waals surface area contributed by atoms with Gasteiger partial charge < -0.3 is 10.1 Å². The molecular formula is C22H27NO2. The monoisotopic (exact) mass is 337 g/mol. The van der Waals surface area contributed by atoms with Crippen LogP contribution >= 0.6 is 0 Å². The van der Waals surface area contributed by atoms with Gasteiger partial charge in [0, 0.05) is 0 Å². The standard InChI is InChI=1S/C22H27NO2/c1-15-8-11-21(16(2)12-15)17(3)23-22(24)14-25-20-10-9-18-6-4-5-7-19(18)13-20/h8-13,17H,4-7,14H2,1-3H3,(H,23,24)/t17-/m0/s1. The molecule has 2 aromatic carbocycles. The zero-order chi connectivity index (χ0) is 17.8. The molecule has 0 aromatic heterocycles. The van der Waals surface area contributed by atoms with Crippen LogP contribution < -0.4 is 10.1 Å². The van der Waals surface area contributed by atoms with Gasteiger partial charge in [0.05, 0.1) is 6.04 Å². The van der Waals surface area contributed by atoms with Crippen molar-refractivity contribution in [1.29, 1.82) is 0 Å². The number of nitrogens with one attached hydrogen (secondary N) is 1. The molecule has 0 fully saturated rings. The Morgan fingerprint density at radius 2 is 1.84 bits per heavy atom. The van der Waals surface area contributed by atoms with E-state index in [9.17, 15) is 4.79 Å². The van der Waals surface area contributed by atoms with Crippen molar-refractivity contribution >= 4 is 5.91 Å². The van der Waals surface area contributed by atoms with Crippen molar-refractivity contribution in [2.45, 2.75) is 52.5 Å². The predicted molar refractivity (Wildman–Crippen MR) is 101 cm³/mol. The van der Waals surface area contributed by atoms with Gasteiger partial charge in [0.15, 0.2) is 6.61 Å². The van der Waals surface area contributed by atoms with E-state index in [0.717, 1.165) is 24.2 Å². The molecule has 25 heavy (non-hydrogen) atoms. The van der Waals surface area contributed by atoms with Crippen molar-refractivity contribution in [1.82, 2.24) is 5.32 Å². The largest absolute Gasteiger partial charge is 0.484 e. The van der Waals surface area contributed by atoms with Gasteiger partial charge in [-0.2, -0.15) is 0 Å². The smallest absolute Gasteiger partial charge is 0.258 e. The summed E-state index contributed by atoms with van der Waals surface area (Å²) in [5.74, 6) is 0.695. The summed E-state index contributed by atoms with van der Waals surface area (Å²) in [7, 11) is 0. The zero-order valence-electron chi connectivity index (χ0n) is 15.4. The molecule has 0 unspecified atom stereocenters. The summed E-state index contributed by atoms with van der Waals surface area (Å²) in [6.07, 6.45) is 4.78. The van der Waals surface area contributed by atoms with E-state index in [4.69, 9.17) is 4.74 Å². The van der Waals surface area contributed by atoms with Gasteiger partial charge in [-0.05, 0) is 80.8 Å². The highest BCUT2D eigenvalue weighted by Crippen LogP contribution is 2.25. The Hall–Kier alpha value is -2.29. The second kappa shape index (κ2) is 7.73. The fraction of sp³-hybridized carbons (Fsp3) is 0.409. The molecule has 3 nitrogen and oxygen atoms in total. The van der Waals surface area contributed by atoms with Crippen molar-refractivity contribution < 1.29 is 9.53 Å². The fourth-order valence-corrected chi connectivity index (χ4v) is 3.62. The van der Waals surface area contributed by atoms with Gasteiger partial charge >= 0.3 is 0 Å². The van der Waals surface area contributed by atoms with Crippen molar-refractivity contribution in [2.75, 3.05) is 6.61 Å². The first kappa shape index (κ1) is 17.5. The number of ether oxygens (including phenoxy) is 1. The molecule has 1 aliphatic rings. The maximum Gasteiger partial charge on any atom is 0.258 e. The maximum atomic E-state index is 12.2. The number of carbonyl (C=O) groups excluding carboxylic acids is 1. The second-order valence-electron chi connectivity index (χ2n) is 7.08. The third-order valence-corrected chi connectivity index (χ3v) is 4.96. The number of fused-ring (bicyclic) bond motifs is 1. The van der Waals surface area contributed by atoms with E-state index in [1.165, 1.54) is 35.1 Å². The number of hydrogen-bond acceptors (Lipinski definition) is 2. The lowest BCUT2D eigenvalue weighted by molar-refractivity contribution is -0.123. The molecule has 0 saturated heterocycles. The Kier molecular flexibility index (Phi) is 5.42. The molecule has 3 rings (SSSR count). The summed E-state index contributed by atoms with van der Waals surface area (Å²) in [5.41, 5.74) is 6.37. The molecular weight excluding hydrogens is 310 g/mol. The van der Waals surface area contributed by atoms with Crippen molar-refractivity contribution in [3.05, 3.63) is 64.2 Å². The minimum atomic E-state index is -0.0924. The highest BCUT2D eigenvalue weighted by Gasteiger charge is 2.13. The SMILES string of the molecule is Cc1ccc([C@H](C)NC(=O)COc2ccc3c(c2)CCCC3)c(C)c1. The Morgan fingerprint density at radius 1 is 1.08 bits per heavy atom. The highest BCUT2D eigenvalue weighted by atomic mass is 16.5. The van der Waals surface area contributed by atoms with Crippen LogP contribution in [0.3, 0.4) is 0 Å². The quantitative estimate of drug-likeness (QED) is 0.876. The summed E-state index contributed by atoms with van der Waals surface area (Å²) < 4.78 is 5.71. The van der Waals surface area contributed by atoms with Gasteiger partial charge in [-0.15, -0.1) is 0 Å². The molecule has 2 aromatic rings. The first-order valence-electron chi connectivity index (χ1n) is 9.14. The summed E-state index contributed by atoms with van der Waals surface area (Å²) in [5, 5.41) is 3.03. The van der Waals surface area contributed by atoms with Crippen LogP contribution in [-0.4, -0.2) is 12.5 Å². The molecule has 0 spiro atoms. The summed E-state index contributed by atoms with van der Waals surface area (Å²) >= 11 is 0. The van der Waals surface area contributed by atoms with E-state index in [2.05, 4.69) is 49.5 Å². The molecule has 0 saturated carbocycles. The molecule has 0 bridgehead atoms. The number of hydrogen-bond donors (Lipinski definition) is 1. The Balaban J connectivity index is 1.55. The molecule has 132 valence electrons. The number of carbonyl (C=O) groups is 1. The Morgan fingerprint density at radius 3 is 2.60 bits per heavy atom. The lowest BCUT2D eigenvalue weighted by atomic mass is 9.92. The normalized spacial score (nSPS) is 14.5. The van der Waals surface area contributed by atoms with Crippen molar-refractivity contribution in [3.63, 3.8) is 0 Å². The average Bonchev–Trinajstić information content (AvgIpc) is 2.59. The zero-order valence-corrected chi connectivity index (χ0v) is 15.4. The summed E-state index contributed by atoms with van der Waals surface area (Å²) in [4.78, 5) is 12.2. The fourth-order valence-electron chi connectivity index (χ4n) is 3.62. The van der Waals surface area contributed by atoms with Crippen LogP contribution in [0.25, 0.3) is 0 Å². The van der Waals surface area contributed by atoms with Gasteiger partial charge in [0.25, 0.3) is 5.91 Å². The van der Waals surface area contributed by atoms with Crippen LogP contribution in [0.15, 0.2) is 36.4 Å². The van der Waals surface area contributed by atoms with Gasteiger partial charge in [0.1, 0.15) is 5.75 Å². The van der Waals surface area contributed by atoms with Crippen LogP contribution in [0.1, 0.15) is 53.6 Å². The van der Waals surface area contributed by atoms with Crippen LogP contribution in [0.4, 0.5) is 0 Å². The van der Waals surface area contributed by atoms with Crippen molar-refractivity contribution in [2.24, 2.45) is 0 Å². The maximum absolute atomic E-state index is 12.2. The lowest BCUT2D eigenvalue weighted by Gasteiger charge is -2.18. The van der Waals surface area contributed by atoms with Crippen molar-refractivity contribution in [3.8, 4) is 5.75 Å². The molecule has 0 heterocycles. The van der Waals surface area contributed by atoms with Crippen LogP contribution in [-0.2, 0) is 17.6 Å². The van der Waals surface area contributed by atoms with E-state index >= 15 is 0 Å². The number of amides is 1. The molecule has 1 aliphatic carbocycles. The van der Waals surface area contributed by atoms with E-state index in [-0.39, 0.29) is 18.6 Å². The molecule has 0 aliphatic heterocycles. The van der Waals surface area contributed by atoms with E-state index in [0.29, 0.717) is 0 Å². The van der Waals surface area contributed by atoms with E-state index < -0.39 is 0 Å². The predicted octanol–water partition coefficient (Wildman–Crippen LogP) is 4.44. The topological polar surface area (TPSA) is 38.3 Å². The van der Waals surface area contributed by atoms with E-state index in [1.54, 1.807) is 0 Å². The van der Waals surface area contributed by atoms with Gasteiger partial charge in [-0.3, -0.25) is 4.79 Å². The average molecular weight is 337 g/mol. The summed E-state index contributed by atoms with van der Waals surface area (Å²) in [6.45, 7) is 6.21. The Labute approximate surface area is 150 Å². The number of rotatable bonds is 5. The number of aryl methyl sites for hydroxylation is 4. The molecule has 1 N–H and O–H groups in total. The van der Waals surface area contributed by atoms with Gasteiger partial charge in [0.2, 0.25) is 0 Å². The minimum absolute atomic E-state index is 0.0276. The van der Waals surface area contributed by atoms with E-state index in [1.807, 2.05) is 13.0 Å². The third-order valence-electron chi connectivity index (χ3n) is 4.96. The second-order valence-corrected chi connectivity index (χ2v) is 7.08. The Bertz CT molecular complexity index is 767. The highest BCUT2D eigenvalue weighted by molar-refractivity contribution is 5.78. The number of benzene rings is 2. The molecule has 1 amide bonds. The van der Waals surface area contributed by atoms with Gasteiger partial charge in [-0.1, -0.05) is 29.8 Å². The molecule has 1 atom stereocenters. The van der Waals surface area contributed by atoms with Gasteiger partial charge in [-0.25, -0.2) is 0 Å².